The van der Waals surface area contributed by atoms with Gasteiger partial charge in [-0.15, -0.1) is 0 Å². The van der Waals surface area contributed by atoms with E-state index < -0.39 is 0 Å². The van der Waals surface area contributed by atoms with E-state index in [0.717, 1.165) is 5.56 Å². The summed E-state index contributed by atoms with van der Waals surface area (Å²) in [6, 6.07) is 27.8. The molecule has 0 spiro atoms. The molecule has 0 unspecified atom stereocenters. The maximum Gasteiger partial charge on any atom is -0.00268 e. The molecule has 0 aliphatic carbocycles. The molecule has 0 aliphatic heterocycles. The van der Waals surface area contributed by atoms with Gasteiger partial charge in [-0.25, -0.2) is 0 Å². The maximum absolute atomic E-state index is 5.59. The van der Waals surface area contributed by atoms with Crippen LogP contribution in [0.1, 0.15) is 5.56 Å². The van der Waals surface area contributed by atoms with E-state index in [1.54, 1.807) is 6.08 Å². The van der Waals surface area contributed by atoms with Crippen LogP contribution in [0.25, 0.3) is 38.7 Å². The summed E-state index contributed by atoms with van der Waals surface area (Å²) in [5, 5.41) is 5.10. The van der Waals surface area contributed by atoms with Crippen LogP contribution in [0.5, 0.6) is 0 Å². The summed E-state index contributed by atoms with van der Waals surface area (Å²) >= 11 is 0. The molecule has 0 atom stereocenters. The second kappa shape index (κ2) is 5.16. The lowest BCUT2D eigenvalue weighted by Gasteiger charge is -2.12. The first-order chi connectivity index (χ1) is 10.9. The van der Waals surface area contributed by atoms with E-state index in [0.29, 0.717) is 0 Å². The minimum atomic E-state index is 1.04. The number of fused-ring (bicyclic) bond motifs is 2. The molecule has 0 aromatic heterocycles. The molecule has 4 aromatic rings. The number of hydrogen-bond acceptors (Lipinski definition) is 0. The molecule has 0 fully saturated rings. The largest absolute Gasteiger partial charge is 0.0617 e. The van der Waals surface area contributed by atoms with Crippen LogP contribution in [0.4, 0.5) is 0 Å². The Balaban J connectivity index is 2.13. The topological polar surface area (TPSA) is 0 Å². The summed E-state index contributed by atoms with van der Waals surface area (Å²) in [5.74, 6) is 0. The van der Waals surface area contributed by atoms with Crippen molar-refractivity contribution in [3.05, 3.63) is 91.0 Å². The van der Waals surface area contributed by atoms with Gasteiger partial charge in [0.15, 0.2) is 0 Å². The average Bonchev–Trinajstić information content (AvgIpc) is 2.60. The van der Waals surface area contributed by atoms with Gasteiger partial charge in [0.2, 0.25) is 0 Å². The molecule has 22 heavy (non-hydrogen) atoms. The first kappa shape index (κ1) is 12.8. The van der Waals surface area contributed by atoms with Gasteiger partial charge in [-0.3, -0.25) is 0 Å². The minimum Gasteiger partial charge on any atom is -0.0617 e. The van der Waals surface area contributed by atoms with Crippen LogP contribution in [-0.4, -0.2) is 0 Å². The van der Waals surface area contributed by atoms with Crippen molar-refractivity contribution in [1.82, 2.24) is 0 Å². The second-order valence-corrected chi connectivity index (χ2v) is 5.48. The van der Waals surface area contributed by atoms with Gasteiger partial charge < -0.3 is 0 Å². The smallest absolute Gasteiger partial charge is 0.00268 e. The fraction of sp³-hybridized carbons (Fsp3) is 0. The Hall–Kier alpha value is -2.86. The molecule has 0 amide bonds. The van der Waals surface area contributed by atoms with Gasteiger partial charge in [-0.2, -0.15) is 0 Å². The van der Waals surface area contributed by atoms with E-state index in [9.17, 15) is 0 Å². The molecule has 0 bridgehead atoms. The zero-order valence-electron chi connectivity index (χ0n) is 12.2. The Morgan fingerprint density at radius 2 is 1.18 bits per heavy atom. The van der Waals surface area contributed by atoms with Crippen LogP contribution in [0.2, 0.25) is 0 Å². The Bertz CT molecular complexity index is 922. The highest BCUT2D eigenvalue weighted by molar-refractivity contribution is 6.12. The molecular formula is C22H15. The van der Waals surface area contributed by atoms with E-state index in [-0.39, 0.29) is 0 Å². The van der Waals surface area contributed by atoms with Gasteiger partial charge in [0.25, 0.3) is 0 Å². The molecule has 0 saturated carbocycles. The SMILES string of the molecule is [CH]=Cc1ccc(-c2c3ccccc3cc3ccccc23)cc1. The number of hydrogen-bond donors (Lipinski definition) is 0. The summed E-state index contributed by atoms with van der Waals surface area (Å²) in [6.45, 7) is 5.59. The molecule has 1 radical (unpaired) electrons. The van der Waals surface area contributed by atoms with Gasteiger partial charge in [0, 0.05) is 0 Å². The first-order valence-corrected chi connectivity index (χ1v) is 7.43. The zero-order chi connectivity index (χ0) is 14.9. The zero-order valence-corrected chi connectivity index (χ0v) is 12.2. The summed E-state index contributed by atoms with van der Waals surface area (Å²) < 4.78 is 0. The van der Waals surface area contributed by atoms with E-state index in [2.05, 4.69) is 78.9 Å². The summed E-state index contributed by atoms with van der Waals surface area (Å²) in [6.07, 6.45) is 1.63. The van der Waals surface area contributed by atoms with Crippen LogP contribution >= 0.6 is 0 Å². The quantitative estimate of drug-likeness (QED) is 0.388. The Labute approximate surface area is 130 Å². The van der Waals surface area contributed by atoms with Gasteiger partial charge in [0.1, 0.15) is 0 Å². The fourth-order valence-corrected chi connectivity index (χ4v) is 3.09. The van der Waals surface area contributed by atoms with Crippen molar-refractivity contribution in [2.75, 3.05) is 0 Å². The molecule has 0 heteroatoms. The highest BCUT2D eigenvalue weighted by Gasteiger charge is 2.09. The van der Waals surface area contributed by atoms with Gasteiger partial charge in [-0.1, -0.05) is 85.5 Å². The van der Waals surface area contributed by atoms with Crippen LogP contribution in [-0.2, 0) is 0 Å². The number of benzene rings is 4. The van der Waals surface area contributed by atoms with Crippen LogP contribution < -0.4 is 0 Å². The third kappa shape index (κ3) is 2.01. The highest BCUT2D eigenvalue weighted by atomic mass is 14.1. The van der Waals surface area contributed by atoms with Crippen molar-refractivity contribution in [2.45, 2.75) is 0 Å². The van der Waals surface area contributed by atoms with Crippen molar-refractivity contribution in [2.24, 2.45) is 0 Å². The summed E-state index contributed by atoms with van der Waals surface area (Å²) in [5.41, 5.74) is 3.55. The highest BCUT2D eigenvalue weighted by Crippen LogP contribution is 2.36. The molecular weight excluding hydrogens is 264 g/mol. The van der Waals surface area contributed by atoms with Crippen LogP contribution in [0.15, 0.2) is 78.9 Å². The molecule has 0 N–H and O–H groups in total. The summed E-state index contributed by atoms with van der Waals surface area (Å²) in [7, 11) is 0. The van der Waals surface area contributed by atoms with Crippen LogP contribution in [0.3, 0.4) is 0 Å². The lowest BCUT2D eigenvalue weighted by Crippen LogP contribution is -1.85. The van der Waals surface area contributed by atoms with Gasteiger partial charge in [0.05, 0.1) is 0 Å². The predicted octanol–water partition coefficient (Wildman–Crippen LogP) is 6.11. The molecule has 0 saturated heterocycles. The summed E-state index contributed by atoms with van der Waals surface area (Å²) in [4.78, 5) is 0. The van der Waals surface area contributed by atoms with E-state index in [4.69, 9.17) is 6.58 Å². The predicted molar refractivity (Wildman–Crippen MR) is 95.7 cm³/mol. The standard InChI is InChI=1S/C22H15/c1-2-16-11-13-17(14-12-16)22-20-9-5-3-7-18(20)15-19-8-4-6-10-21(19)22/h1-15H. The van der Waals surface area contributed by atoms with Crippen molar-refractivity contribution >= 4 is 27.6 Å². The molecule has 103 valence electrons. The average molecular weight is 279 g/mol. The first-order valence-electron chi connectivity index (χ1n) is 7.43. The molecule has 0 aliphatic rings. The lowest BCUT2D eigenvalue weighted by molar-refractivity contribution is 1.64. The number of rotatable bonds is 2. The molecule has 4 aromatic carbocycles. The normalized spacial score (nSPS) is 10.9. The van der Waals surface area contributed by atoms with Gasteiger partial charge in [-0.05, 0) is 44.3 Å². The monoisotopic (exact) mass is 279 g/mol. The van der Waals surface area contributed by atoms with E-state index in [1.165, 1.54) is 32.7 Å². The maximum atomic E-state index is 5.59. The van der Waals surface area contributed by atoms with E-state index >= 15 is 0 Å². The Morgan fingerprint density at radius 1 is 0.636 bits per heavy atom. The van der Waals surface area contributed by atoms with Crippen molar-refractivity contribution in [3.8, 4) is 11.1 Å². The Morgan fingerprint density at radius 3 is 1.73 bits per heavy atom. The van der Waals surface area contributed by atoms with E-state index in [1.807, 2.05) is 0 Å². The molecule has 0 heterocycles. The third-order valence-corrected chi connectivity index (χ3v) is 4.16. The minimum absolute atomic E-state index is 1.04. The van der Waals surface area contributed by atoms with Gasteiger partial charge >= 0.3 is 0 Å². The Kier molecular flexibility index (Phi) is 3.01. The molecule has 0 nitrogen and oxygen atoms in total. The van der Waals surface area contributed by atoms with Crippen molar-refractivity contribution < 1.29 is 0 Å². The lowest BCUT2D eigenvalue weighted by atomic mass is 9.92. The van der Waals surface area contributed by atoms with Crippen molar-refractivity contribution in [3.63, 3.8) is 0 Å². The van der Waals surface area contributed by atoms with Crippen molar-refractivity contribution in [1.29, 1.82) is 0 Å². The third-order valence-electron chi connectivity index (χ3n) is 4.16. The fourth-order valence-electron chi connectivity index (χ4n) is 3.09. The van der Waals surface area contributed by atoms with Crippen LogP contribution in [0, 0.1) is 6.58 Å². The second-order valence-electron chi connectivity index (χ2n) is 5.48. The molecule has 4 rings (SSSR count).